The largest absolute Gasteiger partial charge is 0.868 e. The summed E-state index contributed by atoms with van der Waals surface area (Å²) in [4.78, 5) is 0. The predicted octanol–water partition coefficient (Wildman–Crippen LogP) is 4.65. The minimum Gasteiger partial charge on any atom is -0.868 e. The van der Waals surface area contributed by atoms with Crippen molar-refractivity contribution < 1.29 is 31.5 Å². The highest BCUT2D eigenvalue weighted by molar-refractivity contribution is 5.26. The van der Waals surface area contributed by atoms with E-state index in [4.69, 9.17) is 0 Å². The summed E-state index contributed by atoms with van der Waals surface area (Å²) in [7, 11) is 2.44. The maximum atomic E-state index is 12.1. The normalized spacial score (nSPS) is 15.8. The van der Waals surface area contributed by atoms with Crippen LogP contribution in [0.1, 0.15) is 51.9 Å². The first kappa shape index (κ1) is 21.7. The molecule has 2 nitrogen and oxygen atoms in total. The maximum absolute atomic E-state index is 12.1. The number of hydrogen-bond acceptors (Lipinski definition) is 1. The molecule has 0 radical (unpaired) electrons. The zero-order chi connectivity index (χ0) is 19.0. The molecular formula is C18H26F5NO. The summed E-state index contributed by atoms with van der Waals surface area (Å²) in [5.74, 6) is -13.6. The van der Waals surface area contributed by atoms with Gasteiger partial charge in [0, 0.05) is 12.8 Å². The molecule has 0 saturated carbocycles. The Morgan fingerprint density at radius 1 is 0.760 bits per heavy atom. The number of halogens is 5. The number of nitrogens with zero attached hydrogens (tertiary/aromatic N) is 1. The highest BCUT2D eigenvalue weighted by atomic mass is 19.2. The van der Waals surface area contributed by atoms with Gasteiger partial charge < -0.3 is 9.59 Å². The Morgan fingerprint density at radius 3 is 1.68 bits per heavy atom. The third-order valence-corrected chi connectivity index (χ3v) is 4.62. The van der Waals surface area contributed by atoms with E-state index in [1.165, 1.54) is 69.1 Å². The molecule has 0 spiro atoms. The van der Waals surface area contributed by atoms with E-state index in [1.807, 2.05) is 0 Å². The third-order valence-electron chi connectivity index (χ3n) is 4.62. The highest BCUT2D eigenvalue weighted by Gasteiger charge is 2.25. The monoisotopic (exact) mass is 367 g/mol. The molecule has 0 bridgehead atoms. The summed E-state index contributed by atoms with van der Waals surface area (Å²) in [5, 5.41) is 10.2. The van der Waals surface area contributed by atoms with Crippen LogP contribution in [0.2, 0.25) is 0 Å². The number of hydrogen-bond donors (Lipinski definition) is 0. The van der Waals surface area contributed by atoms with E-state index in [2.05, 4.69) is 14.0 Å². The molecule has 7 heteroatoms. The third kappa shape index (κ3) is 6.13. The Kier molecular flexibility index (Phi) is 8.62. The van der Waals surface area contributed by atoms with Gasteiger partial charge >= 0.3 is 0 Å². The molecule has 1 aromatic rings. The van der Waals surface area contributed by atoms with Crippen molar-refractivity contribution in [3.8, 4) is 5.75 Å². The van der Waals surface area contributed by atoms with E-state index in [9.17, 15) is 27.1 Å². The van der Waals surface area contributed by atoms with Crippen LogP contribution in [-0.2, 0) is 0 Å². The Balaban J connectivity index is 0.000000251. The molecule has 25 heavy (non-hydrogen) atoms. The number of rotatable bonds is 6. The second-order valence-corrected chi connectivity index (χ2v) is 6.81. The average Bonchev–Trinajstić information content (AvgIpc) is 3.03. The fourth-order valence-electron chi connectivity index (χ4n) is 3.00. The Hall–Kier alpha value is -1.37. The van der Waals surface area contributed by atoms with Crippen LogP contribution in [0.4, 0.5) is 22.0 Å². The summed E-state index contributed by atoms with van der Waals surface area (Å²) in [6.45, 7) is 6.60. The predicted molar refractivity (Wildman–Crippen MR) is 84.5 cm³/mol. The fraction of sp³-hybridized carbons (Fsp3) is 0.667. The zero-order valence-electron chi connectivity index (χ0n) is 14.8. The van der Waals surface area contributed by atoms with Crippen LogP contribution in [-0.4, -0.2) is 31.2 Å². The Labute approximate surface area is 145 Å². The van der Waals surface area contributed by atoms with E-state index in [-0.39, 0.29) is 0 Å². The van der Waals surface area contributed by atoms with E-state index in [1.54, 1.807) is 0 Å². The van der Waals surface area contributed by atoms with Gasteiger partial charge in [-0.25, -0.2) is 22.0 Å². The van der Waals surface area contributed by atoms with E-state index < -0.39 is 34.8 Å². The summed E-state index contributed by atoms with van der Waals surface area (Å²) >= 11 is 0. The molecule has 144 valence electrons. The molecule has 1 aliphatic heterocycles. The number of quaternary nitrogens is 1. The molecule has 2 rings (SSSR count). The van der Waals surface area contributed by atoms with Crippen LogP contribution in [0.15, 0.2) is 0 Å². The van der Waals surface area contributed by atoms with Crippen molar-refractivity contribution in [2.75, 3.05) is 26.7 Å². The fourth-order valence-corrected chi connectivity index (χ4v) is 3.00. The number of unbranched alkanes of at least 4 members (excludes halogenated alkanes) is 4. The Bertz CT molecular complexity index is 454. The van der Waals surface area contributed by atoms with E-state index in [0.717, 1.165) is 0 Å². The molecule has 1 saturated heterocycles. The van der Waals surface area contributed by atoms with E-state index in [0.29, 0.717) is 0 Å². The van der Waals surface area contributed by atoms with Crippen molar-refractivity contribution in [1.29, 1.82) is 0 Å². The lowest BCUT2D eigenvalue weighted by Crippen LogP contribution is -2.41. The van der Waals surface area contributed by atoms with Crippen molar-refractivity contribution in [2.45, 2.75) is 51.9 Å². The molecule has 0 aliphatic carbocycles. The second kappa shape index (κ2) is 9.94. The number of benzene rings is 1. The molecule has 0 amide bonds. The lowest BCUT2D eigenvalue weighted by atomic mass is 10.1. The highest BCUT2D eigenvalue weighted by Crippen LogP contribution is 2.25. The second-order valence-electron chi connectivity index (χ2n) is 6.81. The molecule has 0 N–H and O–H groups in total. The van der Waals surface area contributed by atoms with Crippen LogP contribution < -0.4 is 5.11 Å². The van der Waals surface area contributed by atoms with Crippen molar-refractivity contribution in [1.82, 2.24) is 0 Å². The maximum Gasteiger partial charge on any atom is 0.200 e. The average molecular weight is 367 g/mol. The van der Waals surface area contributed by atoms with Crippen LogP contribution in [0.3, 0.4) is 0 Å². The van der Waals surface area contributed by atoms with Crippen molar-refractivity contribution in [3.05, 3.63) is 29.1 Å². The van der Waals surface area contributed by atoms with Crippen molar-refractivity contribution >= 4 is 0 Å². The SMILES string of the molecule is CCCCCCC[N+]1(C)CCCC1.[O-]c1c(F)c(F)c(F)c(F)c1F. The zero-order valence-corrected chi connectivity index (χ0v) is 14.8. The summed E-state index contributed by atoms with van der Waals surface area (Å²) in [5.41, 5.74) is 0. The van der Waals surface area contributed by atoms with Crippen LogP contribution in [0.5, 0.6) is 5.75 Å². The lowest BCUT2D eigenvalue weighted by Gasteiger charge is -2.29. The van der Waals surface area contributed by atoms with Gasteiger partial charge in [-0.05, 0) is 18.6 Å². The van der Waals surface area contributed by atoms with Gasteiger partial charge in [0.25, 0.3) is 0 Å². The Morgan fingerprint density at radius 2 is 1.20 bits per heavy atom. The van der Waals surface area contributed by atoms with Crippen LogP contribution in [0, 0.1) is 29.1 Å². The first-order chi connectivity index (χ1) is 11.7. The first-order valence-corrected chi connectivity index (χ1v) is 8.75. The summed E-state index contributed by atoms with van der Waals surface area (Å²) in [6.07, 6.45) is 10.1. The van der Waals surface area contributed by atoms with Crippen LogP contribution in [0.25, 0.3) is 0 Å². The molecule has 1 aliphatic rings. The minimum atomic E-state index is -2.33. The van der Waals surface area contributed by atoms with Gasteiger partial charge in [-0.15, -0.1) is 0 Å². The standard InChI is InChI=1S/C12H26N.C6HF5O/c1-3-4-5-6-7-10-13(2)11-8-9-12-13;7-1-2(8)4(10)6(12)5(11)3(1)9/h3-12H2,1-2H3;12H/q+1;/p-1. The topological polar surface area (TPSA) is 23.1 Å². The van der Waals surface area contributed by atoms with Crippen molar-refractivity contribution in [3.63, 3.8) is 0 Å². The van der Waals surface area contributed by atoms with Gasteiger partial charge in [-0.2, -0.15) is 0 Å². The van der Waals surface area contributed by atoms with Gasteiger partial charge in [0.1, 0.15) is 0 Å². The molecule has 0 aromatic heterocycles. The van der Waals surface area contributed by atoms with Crippen LogP contribution >= 0.6 is 0 Å². The summed E-state index contributed by atoms with van der Waals surface area (Å²) in [6, 6.07) is 0. The summed E-state index contributed by atoms with van der Waals surface area (Å²) < 4.78 is 61.8. The molecule has 1 fully saturated rings. The molecule has 1 heterocycles. The van der Waals surface area contributed by atoms with Gasteiger partial charge in [-0.3, -0.25) is 0 Å². The van der Waals surface area contributed by atoms with Gasteiger partial charge in [0.15, 0.2) is 29.1 Å². The first-order valence-electron chi connectivity index (χ1n) is 8.75. The molecule has 0 unspecified atom stereocenters. The number of likely N-dealkylation sites (tertiary alicyclic amines) is 1. The van der Waals surface area contributed by atoms with Crippen molar-refractivity contribution in [2.24, 2.45) is 0 Å². The molecule has 1 aromatic carbocycles. The molecule has 0 atom stereocenters. The van der Waals surface area contributed by atoms with E-state index >= 15 is 0 Å². The van der Waals surface area contributed by atoms with Gasteiger partial charge in [-0.1, -0.05) is 26.2 Å². The molecular weight excluding hydrogens is 341 g/mol. The van der Waals surface area contributed by atoms with Gasteiger partial charge in [0.05, 0.1) is 26.7 Å². The smallest absolute Gasteiger partial charge is 0.200 e. The lowest BCUT2D eigenvalue weighted by molar-refractivity contribution is -0.897. The minimum absolute atomic E-state index is 1.37. The van der Waals surface area contributed by atoms with Gasteiger partial charge in [0.2, 0.25) is 0 Å². The quantitative estimate of drug-likeness (QED) is 0.236.